The van der Waals surface area contributed by atoms with Gasteiger partial charge in [0.1, 0.15) is 10.4 Å². The van der Waals surface area contributed by atoms with Gasteiger partial charge in [-0.1, -0.05) is 23.7 Å². The molecule has 94 valence electrons. The Morgan fingerprint density at radius 1 is 1.28 bits per heavy atom. The van der Waals surface area contributed by atoms with E-state index < -0.39 is 0 Å². The van der Waals surface area contributed by atoms with Crippen LogP contribution in [-0.4, -0.2) is 9.97 Å². The number of rotatable bonds is 3. The van der Waals surface area contributed by atoms with E-state index in [0.29, 0.717) is 21.4 Å². The first kappa shape index (κ1) is 13.1. The second-order valence-corrected chi connectivity index (χ2v) is 5.11. The highest BCUT2D eigenvalue weighted by molar-refractivity contribution is 9.10. The van der Waals surface area contributed by atoms with Gasteiger partial charge >= 0.3 is 0 Å². The van der Waals surface area contributed by atoms with Gasteiger partial charge in [-0.2, -0.15) is 4.98 Å². The largest absolute Gasteiger partial charge is 0.383 e. The number of anilines is 2. The Labute approximate surface area is 119 Å². The second-order valence-electron chi connectivity index (χ2n) is 3.86. The van der Waals surface area contributed by atoms with Gasteiger partial charge in [0.2, 0.25) is 5.95 Å². The summed E-state index contributed by atoms with van der Waals surface area (Å²) in [4.78, 5) is 8.32. The van der Waals surface area contributed by atoms with Crippen molar-refractivity contribution in [3.05, 3.63) is 45.5 Å². The van der Waals surface area contributed by atoms with Gasteiger partial charge in [-0.05, 0) is 40.5 Å². The van der Waals surface area contributed by atoms with Gasteiger partial charge in [0.25, 0.3) is 0 Å². The maximum Gasteiger partial charge on any atom is 0.226 e. The molecule has 3 N–H and O–H groups in total. The Morgan fingerprint density at radius 2 is 1.94 bits per heavy atom. The van der Waals surface area contributed by atoms with Crippen LogP contribution in [0.4, 0.5) is 11.8 Å². The van der Waals surface area contributed by atoms with E-state index in [2.05, 4.69) is 31.2 Å². The summed E-state index contributed by atoms with van der Waals surface area (Å²) in [6, 6.07) is 9.34. The Kier molecular flexibility index (Phi) is 4.04. The third kappa shape index (κ3) is 3.34. The van der Waals surface area contributed by atoms with Gasteiger partial charge in [-0.15, -0.1) is 0 Å². The van der Waals surface area contributed by atoms with E-state index >= 15 is 0 Å². The van der Waals surface area contributed by atoms with Crippen LogP contribution < -0.4 is 11.1 Å². The van der Waals surface area contributed by atoms with Crippen LogP contribution in [0.25, 0.3) is 0 Å². The number of halogens is 2. The van der Waals surface area contributed by atoms with Crippen molar-refractivity contribution in [1.82, 2.24) is 9.97 Å². The molecule has 2 aromatic rings. The number of nitrogens with two attached hydrogens (primary N) is 1. The monoisotopic (exact) mass is 326 g/mol. The molecule has 0 amide bonds. The minimum atomic E-state index is 0.0657. The Bertz CT molecular complexity index is 524. The van der Waals surface area contributed by atoms with E-state index in [-0.39, 0.29) is 6.04 Å². The first-order valence-corrected chi connectivity index (χ1v) is 6.54. The van der Waals surface area contributed by atoms with E-state index in [1.165, 1.54) is 0 Å². The van der Waals surface area contributed by atoms with Crippen LogP contribution in [0.2, 0.25) is 5.02 Å². The molecular weight excluding hydrogens is 316 g/mol. The summed E-state index contributed by atoms with van der Waals surface area (Å²) in [5, 5.41) is 3.90. The molecule has 0 radical (unpaired) electrons. The number of benzene rings is 1. The molecule has 0 aliphatic rings. The quantitative estimate of drug-likeness (QED) is 0.845. The molecule has 1 aromatic heterocycles. The third-order valence-corrected chi connectivity index (χ3v) is 3.09. The van der Waals surface area contributed by atoms with Crippen molar-refractivity contribution in [3.8, 4) is 0 Å². The zero-order chi connectivity index (χ0) is 13.1. The molecule has 6 heteroatoms. The fraction of sp³-hybridized carbons (Fsp3) is 0.167. The lowest BCUT2D eigenvalue weighted by Gasteiger charge is -2.14. The number of hydrogen-bond acceptors (Lipinski definition) is 4. The highest BCUT2D eigenvalue weighted by atomic mass is 79.9. The molecule has 2 rings (SSSR count). The molecule has 0 aliphatic heterocycles. The molecule has 0 saturated carbocycles. The fourth-order valence-corrected chi connectivity index (χ4v) is 2.06. The van der Waals surface area contributed by atoms with Crippen LogP contribution in [-0.2, 0) is 0 Å². The van der Waals surface area contributed by atoms with E-state index in [1.54, 1.807) is 6.07 Å². The summed E-state index contributed by atoms with van der Waals surface area (Å²) in [6.07, 6.45) is 0. The summed E-state index contributed by atoms with van der Waals surface area (Å²) >= 11 is 9.13. The van der Waals surface area contributed by atoms with E-state index in [1.807, 2.05) is 31.2 Å². The summed E-state index contributed by atoms with van der Waals surface area (Å²) < 4.78 is 0.654. The molecule has 0 spiro atoms. The molecule has 1 atom stereocenters. The lowest BCUT2D eigenvalue weighted by molar-refractivity contribution is 0.859. The van der Waals surface area contributed by atoms with Crippen LogP contribution in [0.15, 0.2) is 34.9 Å². The van der Waals surface area contributed by atoms with Crippen molar-refractivity contribution in [2.75, 3.05) is 11.1 Å². The first-order valence-electron chi connectivity index (χ1n) is 5.36. The second kappa shape index (κ2) is 5.54. The van der Waals surface area contributed by atoms with Crippen LogP contribution in [0.1, 0.15) is 18.5 Å². The summed E-state index contributed by atoms with van der Waals surface area (Å²) in [5.41, 5.74) is 6.75. The van der Waals surface area contributed by atoms with Gasteiger partial charge in [0.15, 0.2) is 0 Å². The van der Waals surface area contributed by atoms with Gasteiger partial charge in [-0.25, -0.2) is 4.98 Å². The molecular formula is C12H12BrClN4. The molecule has 0 saturated heterocycles. The normalized spacial score (nSPS) is 12.2. The lowest BCUT2D eigenvalue weighted by atomic mass is 10.1. The molecule has 1 heterocycles. The average molecular weight is 328 g/mol. The molecule has 0 aliphatic carbocycles. The number of nitrogens with zero attached hydrogens (tertiary/aromatic N) is 2. The maximum absolute atomic E-state index is 5.85. The third-order valence-electron chi connectivity index (χ3n) is 2.43. The van der Waals surface area contributed by atoms with Crippen LogP contribution in [0, 0.1) is 0 Å². The molecule has 0 fully saturated rings. The minimum absolute atomic E-state index is 0.0657. The topological polar surface area (TPSA) is 63.8 Å². The smallest absolute Gasteiger partial charge is 0.226 e. The van der Waals surface area contributed by atoms with Crippen LogP contribution >= 0.6 is 27.5 Å². The predicted octanol–water partition coefficient (Wildman–Crippen LogP) is 3.65. The number of aromatic nitrogens is 2. The zero-order valence-corrected chi connectivity index (χ0v) is 12.0. The summed E-state index contributed by atoms with van der Waals surface area (Å²) in [5.74, 6) is 0.909. The minimum Gasteiger partial charge on any atom is -0.383 e. The van der Waals surface area contributed by atoms with Crippen molar-refractivity contribution in [2.45, 2.75) is 13.0 Å². The van der Waals surface area contributed by atoms with Crippen LogP contribution in [0.5, 0.6) is 0 Å². The highest BCUT2D eigenvalue weighted by Gasteiger charge is 2.08. The van der Waals surface area contributed by atoms with E-state index in [9.17, 15) is 0 Å². The molecule has 18 heavy (non-hydrogen) atoms. The predicted molar refractivity (Wildman–Crippen MR) is 77.6 cm³/mol. The zero-order valence-electron chi connectivity index (χ0n) is 9.69. The Hall–Kier alpha value is -1.33. The Balaban J connectivity index is 2.15. The van der Waals surface area contributed by atoms with Crippen molar-refractivity contribution in [1.29, 1.82) is 0 Å². The van der Waals surface area contributed by atoms with E-state index in [0.717, 1.165) is 5.56 Å². The summed E-state index contributed by atoms with van der Waals surface area (Å²) in [7, 11) is 0. The number of nitrogen functional groups attached to an aromatic ring is 1. The molecule has 0 bridgehead atoms. The lowest BCUT2D eigenvalue weighted by Crippen LogP contribution is -2.10. The summed E-state index contributed by atoms with van der Waals surface area (Å²) in [6.45, 7) is 2.02. The standard InChI is InChI=1S/C12H12BrClN4/c1-7(8-2-4-9(14)5-3-8)16-12-17-10(13)6-11(15)18-12/h2-7H,1H3,(H3,15,16,17,18). The van der Waals surface area contributed by atoms with Gasteiger partial charge < -0.3 is 11.1 Å². The molecule has 1 aromatic carbocycles. The van der Waals surface area contributed by atoms with Crippen LogP contribution in [0.3, 0.4) is 0 Å². The number of nitrogens with one attached hydrogen (secondary N) is 1. The van der Waals surface area contributed by atoms with Gasteiger partial charge in [0, 0.05) is 11.1 Å². The molecule has 4 nitrogen and oxygen atoms in total. The Morgan fingerprint density at radius 3 is 2.56 bits per heavy atom. The van der Waals surface area contributed by atoms with Crippen molar-refractivity contribution in [3.63, 3.8) is 0 Å². The van der Waals surface area contributed by atoms with Gasteiger partial charge in [0.05, 0.1) is 6.04 Å². The number of hydrogen-bond donors (Lipinski definition) is 2. The van der Waals surface area contributed by atoms with Crippen molar-refractivity contribution < 1.29 is 0 Å². The highest BCUT2D eigenvalue weighted by Crippen LogP contribution is 2.20. The van der Waals surface area contributed by atoms with Gasteiger partial charge in [-0.3, -0.25) is 0 Å². The van der Waals surface area contributed by atoms with Crippen molar-refractivity contribution in [2.24, 2.45) is 0 Å². The molecule has 1 unspecified atom stereocenters. The first-order chi connectivity index (χ1) is 8.54. The maximum atomic E-state index is 5.85. The SMILES string of the molecule is CC(Nc1nc(N)cc(Br)n1)c1ccc(Cl)cc1. The fourth-order valence-electron chi connectivity index (χ4n) is 1.53. The van der Waals surface area contributed by atoms with E-state index in [4.69, 9.17) is 17.3 Å². The van der Waals surface area contributed by atoms with Crippen molar-refractivity contribution >= 4 is 39.3 Å². The average Bonchev–Trinajstić information content (AvgIpc) is 2.28.